The number of aliphatic hydroxyl groups is 2. The molecule has 11 rings (SSSR count). The number of benzene rings is 1. The number of allylic oxidation sites excluding steroid dienone is 1. The van der Waals surface area contributed by atoms with Crippen molar-refractivity contribution >= 4 is 11.6 Å². The highest BCUT2D eigenvalue weighted by atomic mass is 16.6. The molecule has 6 fully saturated rings. The minimum Gasteiger partial charge on any atom is -0.471 e. The zero-order valence-corrected chi connectivity index (χ0v) is 29.8. The van der Waals surface area contributed by atoms with E-state index in [2.05, 4.69) is 47.6 Å². The maximum absolute atomic E-state index is 15.4. The van der Waals surface area contributed by atoms with Crippen molar-refractivity contribution in [3.8, 4) is 11.5 Å². The van der Waals surface area contributed by atoms with Crippen LogP contribution in [0.3, 0.4) is 0 Å². The third-order valence-electron chi connectivity index (χ3n) is 14.7. The van der Waals surface area contributed by atoms with Crippen LogP contribution in [-0.2, 0) is 24.5 Å². The number of hydrogen-bond acceptors (Lipinski definition) is 8. The van der Waals surface area contributed by atoms with Crippen molar-refractivity contribution in [2.24, 2.45) is 34.0 Å². The van der Waals surface area contributed by atoms with E-state index in [1.165, 1.54) is 0 Å². The van der Waals surface area contributed by atoms with E-state index in [0.717, 1.165) is 23.1 Å². The maximum Gasteiger partial charge on any atom is 0.251 e. The van der Waals surface area contributed by atoms with Crippen LogP contribution in [-0.4, -0.2) is 64.5 Å². The van der Waals surface area contributed by atoms with Gasteiger partial charge in [-0.25, -0.2) is 0 Å². The van der Waals surface area contributed by atoms with Crippen molar-refractivity contribution in [1.82, 2.24) is 0 Å². The van der Waals surface area contributed by atoms with Gasteiger partial charge in [-0.2, -0.15) is 0 Å². The number of carbonyl (C=O) groups excluding carboxylic acids is 2. The first-order chi connectivity index (χ1) is 22.4. The van der Waals surface area contributed by atoms with Gasteiger partial charge in [0.1, 0.15) is 6.10 Å². The Kier molecular flexibility index (Phi) is 6.17. The van der Waals surface area contributed by atoms with E-state index in [9.17, 15) is 15.0 Å². The first kappa shape index (κ1) is 31.7. The number of aliphatic hydroxyl groups excluding tert-OH is 2. The maximum atomic E-state index is 15.4. The highest BCUT2D eigenvalue weighted by Crippen LogP contribution is 2.74. The van der Waals surface area contributed by atoms with E-state index >= 15 is 4.79 Å². The predicted octanol–water partition coefficient (Wildman–Crippen LogP) is 5.89. The average Bonchev–Trinajstić information content (AvgIpc) is 2.99. The second-order valence-corrected chi connectivity index (χ2v) is 18.9. The summed E-state index contributed by atoms with van der Waals surface area (Å²) in [6.07, 6.45) is 3.69. The molecule has 0 unspecified atom stereocenters. The van der Waals surface area contributed by atoms with Crippen molar-refractivity contribution in [1.29, 1.82) is 0 Å². The third kappa shape index (κ3) is 3.42. The van der Waals surface area contributed by atoms with Crippen LogP contribution in [0.2, 0.25) is 0 Å². The summed E-state index contributed by atoms with van der Waals surface area (Å²) in [4.78, 5) is 29.8. The molecule has 48 heavy (non-hydrogen) atoms. The van der Waals surface area contributed by atoms with Crippen molar-refractivity contribution < 1.29 is 38.7 Å². The lowest BCUT2D eigenvalue weighted by molar-refractivity contribution is -0.346. The molecule has 3 saturated carbocycles. The van der Waals surface area contributed by atoms with E-state index in [0.29, 0.717) is 49.4 Å². The van der Waals surface area contributed by atoms with E-state index in [1.807, 2.05) is 19.9 Å². The van der Waals surface area contributed by atoms with Gasteiger partial charge in [0.25, 0.3) is 5.78 Å². The van der Waals surface area contributed by atoms with Crippen molar-refractivity contribution in [3.05, 3.63) is 34.4 Å². The van der Waals surface area contributed by atoms with Gasteiger partial charge in [-0.15, -0.1) is 0 Å². The topological polar surface area (TPSA) is 112 Å². The molecule has 1 aromatic rings. The Labute approximate surface area is 283 Å². The summed E-state index contributed by atoms with van der Waals surface area (Å²) in [7, 11) is 0. The van der Waals surface area contributed by atoms with Crippen LogP contribution in [0.1, 0.15) is 123 Å². The van der Waals surface area contributed by atoms with Crippen LogP contribution < -0.4 is 9.47 Å². The molecular weight excluding hydrogens is 608 g/mol. The Morgan fingerprint density at radius 3 is 2.17 bits per heavy atom. The quantitative estimate of drug-likeness (QED) is 0.378. The number of ether oxygens (including phenoxy) is 4. The molecule has 3 saturated heterocycles. The number of hydrogen-bond donors (Lipinski definition) is 2. The smallest absolute Gasteiger partial charge is 0.251 e. The fourth-order valence-corrected chi connectivity index (χ4v) is 13.1. The van der Waals surface area contributed by atoms with Crippen LogP contribution in [0, 0.1) is 34.0 Å². The zero-order valence-electron chi connectivity index (χ0n) is 29.8. The van der Waals surface area contributed by atoms with E-state index in [1.54, 1.807) is 0 Å². The molecule has 5 aliphatic heterocycles. The molecule has 2 N–H and O–H groups in total. The van der Waals surface area contributed by atoms with Crippen molar-refractivity contribution in [2.45, 2.75) is 141 Å². The van der Waals surface area contributed by atoms with Gasteiger partial charge in [-0.05, 0) is 90.7 Å². The Morgan fingerprint density at radius 2 is 1.48 bits per heavy atom. The van der Waals surface area contributed by atoms with Crippen LogP contribution in [0.25, 0.3) is 0 Å². The number of fused-ring (bicyclic) bond motifs is 3. The van der Waals surface area contributed by atoms with E-state index < -0.39 is 51.9 Å². The lowest BCUT2D eigenvalue weighted by Crippen LogP contribution is -2.89. The van der Waals surface area contributed by atoms with Crippen LogP contribution in [0.15, 0.2) is 17.7 Å². The number of ketones is 2. The van der Waals surface area contributed by atoms with Gasteiger partial charge in [0.2, 0.25) is 17.0 Å². The number of carbonyl (C=O) groups is 2. The summed E-state index contributed by atoms with van der Waals surface area (Å²) >= 11 is 0. The van der Waals surface area contributed by atoms with Gasteiger partial charge in [-0.3, -0.25) is 9.59 Å². The van der Waals surface area contributed by atoms with Gasteiger partial charge in [0.05, 0.1) is 36.9 Å². The Balaban J connectivity index is 1.39. The largest absolute Gasteiger partial charge is 0.471 e. The molecule has 10 aliphatic rings. The molecular formula is C40H52O8. The fourth-order valence-electron chi connectivity index (χ4n) is 13.1. The lowest BCUT2D eigenvalue weighted by atomic mass is 9.38. The summed E-state index contributed by atoms with van der Waals surface area (Å²) in [5.74, 6) is 0.140. The molecule has 8 heteroatoms. The fraction of sp³-hybridized carbons (Fsp3) is 0.750. The van der Waals surface area contributed by atoms with Gasteiger partial charge in [0, 0.05) is 22.1 Å². The standard InChI is InChI=1S/C40H52O8/c1-19(2)23-9-24-26-10-27-35(5,6)12-21(41)14-37(27,17-45-26)30(24)33-32(23)47-39-16-25(20(3)4)31(43)34(44)40(39,48-33)38-15-22(42)13-36(7,8)28(38)11-29(39)46-18-38/h9,16,19-22,26-29,41-42H,10-15,17-18H2,1-8H3/t21-,22-,26+,27-,28-,29+,37+,38+,39+,40-/m0/s1. The first-order valence-corrected chi connectivity index (χ1v) is 18.5. The van der Waals surface area contributed by atoms with Crippen LogP contribution >= 0.6 is 0 Å². The molecule has 0 amide bonds. The summed E-state index contributed by atoms with van der Waals surface area (Å²) in [5.41, 5.74) is -1.65. The van der Waals surface area contributed by atoms with Gasteiger partial charge >= 0.3 is 0 Å². The summed E-state index contributed by atoms with van der Waals surface area (Å²) in [6, 6.07) is 2.24. The predicted molar refractivity (Wildman–Crippen MR) is 177 cm³/mol. The number of Topliss-reactive ketones (excluding diaryl/α,β-unsaturated/α-hetero) is 2. The molecule has 8 nitrogen and oxygen atoms in total. The second kappa shape index (κ2) is 9.34. The number of rotatable bonds is 2. The van der Waals surface area contributed by atoms with Gasteiger partial charge < -0.3 is 29.2 Å². The van der Waals surface area contributed by atoms with E-state index in [4.69, 9.17) is 18.9 Å². The second-order valence-electron chi connectivity index (χ2n) is 18.9. The molecule has 260 valence electrons. The normalized spacial score (nSPS) is 45.6. The monoisotopic (exact) mass is 660 g/mol. The molecule has 0 aromatic heterocycles. The van der Waals surface area contributed by atoms with Gasteiger partial charge in [0.15, 0.2) is 11.5 Å². The highest BCUT2D eigenvalue weighted by Gasteiger charge is 2.86. The minimum atomic E-state index is -1.72. The molecule has 5 aliphatic carbocycles. The molecule has 0 radical (unpaired) electrons. The first-order valence-electron chi connectivity index (χ1n) is 18.5. The van der Waals surface area contributed by atoms with Crippen LogP contribution in [0.5, 0.6) is 11.5 Å². The van der Waals surface area contributed by atoms with Crippen molar-refractivity contribution in [2.75, 3.05) is 13.2 Å². The minimum absolute atomic E-state index is 0.0404. The molecule has 4 bridgehead atoms. The Hall–Kier alpha value is -2.26. The molecule has 5 heterocycles. The Morgan fingerprint density at radius 1 is 0.792 bits per heavy atom. The Bertz CT molecular complexity index is 1690. The zero-order chi connectivity index (χ0) is 34.1. The summed E-state index contributed by atoms with van der Waals surface area (Å²) < 4.78 is 28.6. The molecule has 2 spiro atoms. The summed E-state index contributed by atoms with van der Waals surface area (Å²) in [5, 5.41) is 23.0. The summed E-state index contributed by atoms with van der Waals surface area (Å²) in [6.45, 7) is 17.7. The highest BCUT2D eigenvalue weighted by molar-refractivity contribution is 6.48. The van der Waals surface area contributed by atoms with Crippen LogP contribution in [0.4, 0.5) is 0 Å². The lowest BCUT2D eigenvalue weighted by Gasteiger charge is -2.74. The van der Waals surface area contributed by atoms with E-state index in [-0.39, 0.29) is 53.6 Å². The average molecular weight is 661 g/mol. The van der Waals surface area contributed by atoms with Crippen molar-refractivity contribution in [3.63, 3.8) is 0 Å². The SMILES string of the molecule is CC(C)C1=C[C@]23Oc4c(C(C)C)cc5c(c4O[C@@]2(C(=O)C1=O)[C@]12CO[C@@H]3C[C@H]1C(C)(C)C[C@H](O)C2)[C@]12CO[C@@H]5C[C@H]1C(C)(C)C[C@H](O)C2. The molecule has 1 aromatic carbocycles. The third-order valence-corrected chi connectivity index (χ3v) is 14.7. The molecule has 10 atom stereocenters. The van der Waals surface area contributed by atoms with Gasteiger partial charge in [-0.1, -0.05) is 55.4 Å².